The zero-order chi connectivity index (χ0) is 25.6. The van der Waals surface area contributed by atoms with Gasteiger partial charge in [0.05, 0.1) is 15.6 Å². The van der Waals surface area contributed by atoms with Crippen molar-refractivity contribution >= 4 is 28.5 Å². The number of hydrogen-bond acceptors (Lipinski definition) is 4. The van der Waals surface area contributed by atoms with Crippen molar-refractivity contribution in [3.05, 3.63) is 71.1 Å². The van der Waals surface area contributed by atoms with Crippen molar-refractivity contribution in [1.82, 2.24) is 15.2 Å². The number of allylic oxidation sites excluding steroid dienone is 3. The Morgan fingerprint density at radius 2 is 1.86 bits per heavy atom. The quantitative estimate of drug-likeness (QED) is 0.309. The van der Waals surface area contributed by atoms with E-state index >= 15 is 0 Å². The van der Waals surface area contributed by atoms with Crippen LogP contribution < -0.4 is 5.32 Å². The van der Waals surface area contributed by atoms with Crippen LogP contribution in [-0.2, 0) is 0 Å². The second-order valence-corrected chi connectivity index (χ2v) is 10.7. The van der Waals surface area contributed by atoms with Crippen LogP contribution in [0.25, 0.3) is 16.8 Å². The molecule has 0 atom stereocenters. The van der Waals surface area contributed by atoms with Crippen LogP contribution in [-0.4, -0.2) is 42.6 Å². The molecule has 1 saturated heterocycles. The first-order valence-electron chi connectivity index (χ1n) is 13.0. The Balaban J connectivity index is 0.000000329. The SMILES string of the molecule is C=C.C=C(/C=C\C)c1sc(C2CCN(C)CC2)nc1-c1cccc(Cl)c1.CCNC1CCCCC1. The second-order valence-electron chi connectivity index (χ2n) is 9.24. The number of rotatable bonds is 6. The van der Waals surface area contributed by atoms with E-state index in [4.69, 9.17) is 16.6 Å². The highest BCUT2D eigenvalue weighted by atomic mass is 35.5. The summed E-state index contributed by atoms with van der Waals surface area (Å²) in [6.45, 7) is 17.9. The fourth-order valence-electron chi connectivity index (χ4n) is 4.69. The lowest BCUT2D eigenvalue weighted by Crippen LogP contribution is -2.30. The minimum Gasteiger partial charge on any atom is -0.314 e. The van der Waals surface area contributed by atoms with Crippen LogP contribution in [0.1, 0.15) is 74.6 Å². The van der Waals surface area contributed by atoms with Gasteiger partial charge in [0, 0.05) is 22.5 Å². The third-order valence-corrected chi connectivity index (χ3v) is 8.10. The average molecular weight is 514 g/mol. The van der Waals surface area contributed by atoms with Crippen molar-refractivity contribution in [2.75, 3.05) is 26.7 Å². The molecule has 5 heteroatoms. The van der Waals surface area contributed by atoms with Gasteiger partial charge < -0.3 is 10.2 Å². The average Bonchev–Trinajstić information content (AvgIpc) is 3.33. The van der Waals surface area contributed by atoms with Gasteiger partial charge in [-0.15, -0.1) is 24.5 Å². The standard InChI is InChI=1S/C20H23ClN2S.C8H17N.C2H4/c1-4-6-14(2)19-18(16-7-5-8-17(21)13-16)22-20(24-19)15-9-11-23(3)12-10-15;1-2-9-8-6-4-3-5-7-8;1-2/h4-8,13,15H,2,9-12H2,1,3H3;8-9H,2-7H2,1H3;1-2H2/b6-4-;;. The molecule has 1 N–H and O–H groups in total. The number of nitrogens with zero attached hydrogens (tertiary/aromatic N) is 2. The molecule has 2 heterocycles. The summed E-state index contributed by atoms with van der Waals surface area (Å²) in [5.74, 6) is 0.552. The van der Waals surface area contributed by atoms with Crippen molar-refractivity contribution in [2.24, 2.45) is 0 Å². The Kier molecular flexibility index (Phi) is 13.6. The normalized spacial score (nSPS) is 17.4. The molecule has 1 aromatic carbocycles. The molecular weight excluding hydrogens is 470 g/mol. The van der Waals surface area contributed by atoms with Gasteiger partial charge in [0.15, 0.2) is 0 Å². The minimum atomic E-state index is 0.552. The highest BCUT2D eigenvalue weighted by Gasteiger charge is 2.24. The van der Waals surface area contributed by atoms with Crippen LogP contribution in [0.15, 0.2) is 56.2 Å². The Bertz CT molecular complexity index is 919. The summed E-state index contributed by atoms with van der Waals surface area (Å²) < 4.78 is 0. The molecule has 1 aromatic heterocycles. The predicted molar refractivity (Wildman–Crippen MR) is 158 cm³/mol. The predicted octanol–water partition coefficient (Wildman–Crippen LogP) is 8.59. The fourth-order valence-corrected chi connectivity index (χ4v) is 6.09. The first kappa shape index (κ1) is 29.5. The van der Waals surface area contributed by atoms with Gasteiger partial charge in [-0.05, 0) is 77.0 Å². The molecule has 2 aliphatic rings. The molecular formula is C30H44ClN3S. The molecule has 1 aliphatic heterocycles. The number of piperidine rings is 1. The summed E-state index contributed by atoms with van der Waals surface area (Å²) in [5, 5.41) is 5.46. The van der Waals surface area contributed by atoms with Crippen molar-refractivity contribution in [1.29, 1.82) is 0 Å². The molecule has 0 radical (unpaired) electrons. The van der Waals surface area contributed by atoms with E-state index in [0.717, 1.165) is 52.4 Å². The van der Waals surface area contributed by atoms with E-state index in [1.807, 2.05) is 31.2 Å². The minimum absolute atomic E-state index is 0.552. The number of halogens is 1. The summed E-state index contributed by atoms with van der Waals surface area (Å²) in [7, 11) is 2.19. The summed E-state index contributed by atoms with van der Waals surface area (Å²) in [6.07, 6.45) is 13.6. The van der Waals surface area contributed by atoms with Gasteiger partial charge >= 0.3 is 0 Å². The Morgan fingerprint density at radius 3 is 2.46 bits per heavy atom. The molecule has 1 aliphatic carbocycles. The smallest absolute Gasteiger partial charge is 0.0970 e. The Labute approximate surface area is 223 Å². The van der Waals surface area contributed by atoms with E-state index in [1.165, 1.54) is 50.0 Å². The van der Waals surface area contributed by atoms with Gasteiger partial charge in [-0.3, -0.25) is 0 Å². The van der Waals surface area contributed by atoms with Crippen molar-refractivity contribution in [3.8, 4) is 11.3 Å². The van der Waals surface area contributed by atoms with E-state index in [0.29, 0.717) is 5.92 Å². The molecule has 1 saturated carbocycles. The number of thiazole rings is 1. The van der Waals surface area contributed by atoms with Crippen molar-refractivity contribution in [3.63, 3.8) is 0 Å². The topological polar surface area (TPSA) is 28.2 Å². The van der Waals surface area contributed by atoms with E-state index in [1.54, 1.807) is 11.3 Å². The molecule has 0 amide bonds. The first-order valence-corrected chi connectivity index (χ1v) is 14.2. The van der Waals surface area contributed by atoms with Crippen LogP contribution in [0.3, 0.4) is 0 Å². The number of nitrogens with one attached hydrogen (secondary N) is 1. The molecule has 3 nitrogen and oxygen atoms in total. The number of likely N-dealkylation sites (tertiary alicyclic amines) is 1. The third kappa shape index (κ3) is 9.34. The zero-order valence-corrected chi connectivity index (χ0v) is 23.6. The van der Waals surface area contributed by atoms with Gasteiger partial charge in [0.1, 0.15) is 0 Å². The maximum atomic E-state index is 6.19. The fraction of sp³-hybridized carbons (Fsp3) is 0.500. The third-order valence-electron chi connectivity index (χ3n) is 6.57. The first-order chi connectivity index (χ1) is 17.0. The number of aromatic nitrogens is 1. The molecule has 4 rings (SSSR count). The summed E-state index contributed by atoms with van der Waals surface area (Å²) in [4.78, 5) is 8.57. The molecule has 192 valence electrons. The van der Waals surface area contributed by atoms with Crippen molar-refractivity contribution in [2.45, 2.75) is 70.8 Å². The van der Waals surface area contributed by atoms with Gasteiger partial charge in [-0.1, -0.05) is 68.7 Å². The van der Waals surface area contributed by atoms with Crippen LogP contribution in [0.4, 0.5) is 0 Å². The van der Waals surface area contributed by atoms with Gasteiger partial charge in [0.25, 0.3) is 0 Å². The lowest BCUT2D eigenvalue weighted by Gasteiger charge is -2.27. The van der Waals surface area contributed by atoms with Gasteiger partial charge in [0.2, 0.25) is 0 Å². The largest absolute Gasteiger partial charge is 0.314 e. The van der Waals surface area contributed by atoms with Crippen LogP contribution >= 0.6 is 22.9 Å². The highest BCUT2D eigenvalue weighted by Crippen LogP contribution is 2.39. The second kappa shape index (κ2) is 16.1. The molecule has 0 spiro atoms. The Hall–Kier alpha value is -1.72. The van der Waals surface area contributed by atoms with Gasteiger partial charge in [-0.25, -0.2) is 4.98 Å². The summed E-state index contributed by atoms with van der Waals surface area (Å²) in [5.41, 5.74) is 3.10. The monoisotopic (exact) mass is 513 g/mol. The molecule has 2 fully saturated rings. The maximum Gasteiger partial charge on any atom is 0.0970 e. The molecule has 0 unspecified atom stereocenters. The maximum absolute atomic E-state index is 6.19. The van der Waals surface area contributed by atoms with E-state index in [-0.39, 0.29) is 0 Å². The van der Waals surface area contributed by atoms with E-state index < -0.39 is 0 Å². The number of hydrogen-bond donors (Lipinski definition) is 1. The van der Waals surface area contributed by atoms with Crippen LogP contribution in [0.2, 0.25) is 5.02 Å². The molecule has 0 bridgehead atoms. The van der Waals surface area contributed by atoms with E-state index in [9.17, 15) is 0 Å². The lowest BCUT2D eigenvalue weighted by atomic mass is 9.96. The van der Waals surface area contributed by atoms with Crippen molar-refractivity contribution < 1.29 is 0 Å². The Morgan fingerprint density at radius 1 is 1.17 bits per heavy atom. The number of benzene rings is 1. The molecule has 2 aromatic rings. The summed E-state index contributed by atoms with van der Waals surface area (Å²) >= 11 is 7.99. The van der Waals surface area contributed by atoms with Gasteiger partial charge in [-0.2, -0.15) is 0 Å². The van der Waals surface area contributed by atoms with Crippen LogP contribution in [0, 0.1) is 0 Å². The molecule has 35 heavy (non-hydrogen) atoms. The van der Waals surface area contributed by atoms with E-state index in [2.05, 4.69) is 56.1 Å². The van der Waals surface area contributed by atoms with Crippen LogP contribution in [0.5, 0.6) is 0 Å². The summed E-state index contributed by atoms with van der Waals surface area (Å²) in [6, 6.07) is 8.79. The zero-order valence-electron chi connectivity index (χ0n) is 22.0. The lowest BCUT2D eigenvalue weighted by molar-refractivity contribution is 0.255. The highest BCUT2D eigenvalue weighted by molar-refractivity contribution is 7.13.